The third kappa shape index (κ3) is 1.89. The van der Waals surface area contributed by atoms with Crippen molar-refractivity contribution in [1.82, 2.24) is 4.98 Å². The fourth-order valence-corrected chi connectivity index (χ4v) is 2.18. The molecule has 0 aromatic carbocycles. The summed E-state index contributed by atoms with van der Waals surface area (Å²) in [6.07, 6.45) is 3.44. The predicted molar refractivity (Wildman–Crippen MR) is 58.9 cm³/mol. The average molecular weight is 219 g/mol. The van der Waals surface area contributed by atoms with Gasteiger partial charge >= 0.3 is 5.97 Å². The van der Waals surface area contributed by atoms with Crippen LogP contribution in [0.4, 0.5) is 0 Å². The van der Waals surface area contributed by atoms with Crippen LogP contribution in [0.3, 0.4) is 0 Å². The molecule has 0 N–H and O–H groups in total. The standard InChI is InChI=1S/C11H9NO2S/c1-14-11(13)9-4-6-15-10(9)8-3-2-5-12-7-8/h2-7H,1H3. The molecular weight excluding hydrogens is 210 g/mol. The molecule has 2 heterocycles. The maximum Gasteiger partial charge on any atom is 0.339 e. The summed E-state index contributed by atoms with van der Waals surface area (Å²) in [4.78, 5) is 16.4. The van der Waals surface area contributed by atoms with Crippen molar-refractivity contribution < 1.29 is 9.53 Å². The van der Waals surface area contributed by atoms with Crippen molar-refractivity contribution in [3.63, 3.8) is 0 Å². The molecule has 3 nitrogen and oxygen atoms in total. The lowest BCUT2D eigenvalue weighted by Gasteiger charge is -2.01. The lowest BCUT2D eigenvalue weighted by molar-refractivity contribution is 0.0602. The van der Waals surface area contributed by atoms with E-state index < -0.39 is 0 Å². The second-order valence-corrected chi connectivity index (χ2v) is 3.81. The van der Waals surface area contributed by atoms with E-state index in [1.807, 2.05) is 17.5 Å². The third-order valence-corrected chi connectivity index (χ3v) is 2.96. The lowest BCUT2D eigenvalue weighted by atomic mass is 10.1. The van der Waals surface area contributed by atoms with Crippen LogP contribution in [-0.2, 0) is 4.74 Å². The van der Waals surface area contributed by atoms with Gasteiger partial charge in [-0.2, -0.15) is 0 Å². The van der Waals surface area contributed by atoms with Crippen molar-refractivity contribution in [2.75, 3.05) is 7.11 Å². The maximum atomic E-state index is 11.4. The second-order valence-electron chi connectivity index (χ2n) is 2.90. The molecule has 0 aliphatic rings. The third-order valence-electron chi connectivity index (χ3n) is 1.99. The number of aromatic nitrogens is 1. The van der Waals surface area contributed by atoms with Crippen molar-refractivity contribution in [2.45, 2.75) is 0 Å². The molecule has 15 heavy (non-hydrogen) atoms. The molecule has 0 spiro atoms. The van der Waals surface area contributed by atoms with Crippen LogP contribution in [-0.4, -0.2) is 18.1 Å². The topological polar surface area (TPSA) is 39.2 Å². The van der Waals surface area contributed by atoms with Gasteiger partial charge in [0.15, 0.2) is 0 Å². The maximum absolute atomic E-state index is 11.4. The van der Waals surface area contributed by atoms with E-state index in [1.54, 1.807) is 18.5 Å². The Balaban J connectivity index is 2.46. The van der Waals surface area contributed by atoms with Crippen molar-refractivity contribution in [3.05, 3.63) is 41.5 Å². The zero-order valence-electron chi connectivity index (χ0n) is 8.14. The van der Waals surface area contributed by atoms with E-state index in [1.165, 1.54) is 18.4 Å². The smallest absolute Gasteiger partial charge is 0.339 e. The molecule has 2 aromatic rings. The number of hydrogen-bond acceptors (Lipinski definition) is 4. The number of esters is 1. The minimum Gasteiger partial charge on any atom is -0.465 e. The summed E-state index contributed by atoms with van der Waals surface area (Å²) in [6, 6.07) is 5.53. The van der Waals surface area contributed by atoms with Gasteiger partial charge in [-0.1, -0.05) is 6.07 Å². The van der Waals surface area contributed by atoms with Crippen molar-refractivity contribution in [2.24, 2.45) is 0 Å². The Labute approximate surface area is 91.4 Å². The van der Waals surface area contributed by atoms with Gasteiger partial charge in [0.25, 0.3) is 0 Å². The molecule has 0 aliphatic heterocycles. The quantitative estimate of drug-likeness (QED) is 0.729. The Kier molecular flexibility index (Phi) is 2.78. The first-order valence-electron chi connectivity index (χ1n) is 4.39. The SMILES string of the molecule is COC(=O)c1ccsc1-c1cccnc1. The van der Waals surface area contributed by atoms with Gasteiger partial charge < -0.3 is 4.74 Å². The summed E-state index contributed by atoms with van der Waals surface area (Å²) in [5.41, 5.74) is 1.53. The van der Waals surface area contributed by atoms with Crippen molar-refractivity contribution in [3.8, 4) is 10.4 Å². The zero-order valence-corrected chi connectivity index (χ0v) is 8.95. The van der Waals surface area contributed by atoms with Gasteiger partial charge in [0.2, 0.25) is 0 Å². The molecule has 0 fully saturated rings. The fourth-order valence-electron chi connectivity index (χ4n) is 1.30. The molecule has 0 amide bonds. The van der Waals surface area contributed by atoms with E-state index in [0.717, 1.165) is 10.4 Å². The number of nitrogens with zero attached hydrogens (tertiary/aromatic N) is 1. The molecule has 0 radical (unpaired) electrons. The molecular formula is C11H9NO2S. The van der Waals surface area contributed by atoms with Crippen LogP contribution < -0.4 is 0 Å². The highest BCUT2D eigenvalue weighted by Gasteiger charge is 2.14. The number of thiophene rings is 1. The molecule has 0 saturated carbocycles. The minimum absolute atomic E-state index is 0.310. The van der Waals surface area contributed by atoms with E-state index in [4.69, 9.17) is 4.74 Å². The first kappa shape index (κ1) is 9.86. The Morgan fingerprint density at radius 1 is 1.47 bits per heavy atom. The molecule has 0 bridgehead atoms. The van der Waals surface area contributed by atoms with Gasteiger partial charge in [0, 0.05) is 18.0 Å². The fraction of sp³-hybridized carbons (Fsp3) is 0.0909. The first-order valence-corrected chi connectivity index (χ1v) is 5.27. The van der Waals surface area contributed by atoms with Gasteiger partial charge in [0.1, 0.15) is 0 Å². The van der Waals surface area contributed by atoms with Crippen LogP contribution in [0.2, 0.25) is 0 Å². The number of carbonyl (C=O) groups is 1. The average Bonchev–Trinajstić information content (AvgIpc) is 2.78. The normalized spacial score (nSPS) is 9.93. The number of ether oxygens (including phenoxy) is 1. The number of carbonyl (C=O) groups excluding carboxylic acids is 1. The predicted octanol–water partition coefficient (Wildman–Crippen LogP) is 2.60. The largest absolute Gasteiger partial charge is 0.465 e. The number of pyridine rings is 1. The summed E-state index contributed by atoms with van der Waals surface area (Å²) < 4.78 is 4.70. The van der Waals surface area contributed by atoms with Crippen LogP contribution in [0.5, 0.6) is 0 Å². The summed E-state index contributed by atoms with van der Waals surface area (Å²) in [6.45, 7) is 0. The van der Waals surface area contributed by atoms with Crippen LogP contribution >= 0.6 is 11.3 Å². The van der Waals surface area contributed by atoms with Gasteiger partial charge in [-0.05, 0) is 17.5 Å². The molecule has 0 atom stereocenters. The number of methoxy groups -OCH3 is 1. The highest BCUT2D eigenvalue weighted by Crippen LogP contribution is 2.29. The van der Waals surface area contributed by atoms with Crippen molar-refractivity contribution in [1.29, 1.82) is 0 Å². The van der Waals surface area contributed by atoms with Gasteiger partial charge in [-0.25, -0.2) is 4.79 Å². The molecule has 0 unspecified atom stereocenters. The molecule has 76 valence electrons. The van der Waals surface area contributed by atoms with Gasteiger partial charge in [0.05, 0.1) is 17.6 Å². The van der Waals surface area contributed by atoms with Crippen LogP contribution in [0, 0.1) is 0 Å². The summed E-state index contributed by atoms with van der Waals surface area (Å²) in [5.74, 6) is -0.310. The second kappa shape index (κ2) is 4.23. The Bertz CT molecular complexity index is 464. The van der Waals surface area contributed by atoms with E-state index in [0.29, 0.717) is 5.56 Å². The monoisotopic (exact) mass is 219 g/mol. The zero-order chi connectivity index (χ0) is 10.7. The molecule has 0 aliphatic carbocycles. The molecule has 4 heteroatoms. The Morgan fingerprint density at radius 2 is 2.33 bits per heavy atom. The highest BCUT2D eigenvalue weighted by atomic mass is 32.1. The van der Waals surface area contributed by atoms with Gasteiger partial charge in [-0.15, -0.1) is 11.3 Å². The van der Waals surface area contributed by atoms with Crippen LogP contribution in [0.25, 0.3) is 10.4 Å². The van der Waals surface area contributed by atoms with Crippen LogP contribution in [0.15, 0.2) is 36.0 Å². The number of rotatable bonds is 2. The van der Waals surface area contributed by atoms with Crippen LogP contribution in [0.1, 0.15) is 10.4 Å². The first-order chi connectivity index (χ1) is 7.33. The van der Waals surface area contributed by atoms with E-state index in [-0.39, 0.29) is 5.97 Å². The molecule has 0 saturated heterocycles. The van der Waals surface area contributed by atoms with E-state index >= 15 is 0 Å². The molecule has 2 aromatic heterocycles. The minimum atomic E-state index is -0.310. The van der Waals surface area contributed by atoms with Gasteiger partial charge in [-0.3, -0.25) is 4.98 Å². The van der Waals surface area contributed by atoms with Crippen molar-refractivity contribution >= 4 is 17.3 Å². The summed E-state index contributed by atoms with van der Waals surface area (Å²) >= 11 is 1.51. The Hall–Kier alpha value is -1.68. The summed E-state index contributed by atoms with van der Waals surface area (Å²) in [7, 11) is 1.38. The highest BCUT2D eigenvalue weighted by molar-refractivity contribution is 7.14. The molecule has 2 rings (SSSR count). The van der Waals surface area contributed by atoms with E-state index in [9.17, 15) is 4.79 Å². The Morgan fingerprint density at radius 3 is 3.00 bits per heavy atom. The summed E-state index contributed by atoms with van der Waals surface area (Å²) in [5, 5.41) is 1.87. The van der Waals surface area contributed by atoms with E-state index in [2.05, 4.69) is 4.98 Å². The number of hydrogen-bond donors (Lipinski definition) is 0. The lowest BCUT2D eigenvalue weighted by Crippen LogP contribution is -2.00.